The predicted molar refractivity (Wildman–Crippen MR) is 107 cm³/mol. The molecule has 1 aromatic heterocycles. The van der Waals surface area contributed by atoms with E-state index in [4.69, 9.17) is 0 Å². The van der Waals surface area contributed by atoms with Crippen LogP contribution in [0.2, 0.25) is 0 Å². The van der Waals surface area contributed by atoms with E-state index in [2.05, 4.69) is 10.5 Å². The van der Waals surface area contributed by atoms with Crippen molar-refractivity contribution < 1.29 is 18.1 Å². The molecule has 150 valence electrons. The number of amides is 1. The van der Waals surface area contributed by atoms with Crippen LogP contribution in [0, 0.1) is 6.92 Å². The molecule has 2 N–H and O–H groups in total. The first-order chi connectivity index (χ1) is 13.4. The van der Waals surface area contributed by atoms with Crippen molar-refractivity contribution in [1.29, 1.82) is 0 Å². The SMILES string of the molecule is Cc1ccc(S(=O)(=O)N2CC[NH+](CC(=O)N/N=C/c3cccn3C)CC2)cc1. The number of hydrogen-bond donors (Lipinski definition) is 2. The first-order valence-electron chi connectivity index (χ1n) is 9.20. The minimum absolute atomic E-state index is 0.185. The van der Waals surface area contributed by atoms with Crippen molar-refractivity contribution >= 4 is 22.1 Å². The molecule has 2 aromatic rings. The van der Waals surface area contributed by atoms with Crippen LogP contribution in [-0.4, -0.2) is 62.1 Å². The smallest absolute Gasteiger partial charge is 0.295 e. The molecule has 0 spiro atoms. The van der Waals surface area contributed by atoms with Gasteiger partial charge in [0.15, 0.2) is 6.54 Å². The summed E-state index contributed by atoms with van der Waals surface area (Å²) >= 11 is 0. The Labute approximate surface area is 165 Å². The number of benzene rings is 1. The van der Waals surface area contributed by atoms with Crippen molar-refractivity contribution in [3.05, 3.63) is 53.9 Å². The van der Waals surface area contributed by atoms with Crippen LogP contribution in [0.15, 0.2) is 52.6 Å². The van der Waals surface area contributed by atoms with E-state index in [-0.39, 0.29) is 12.5 Å². The standard InChI is InChI=1S/C19H25N5O3S/c1-16-5-7-18(8-6-16)28(26,27)24-12-10-23(11-13-24)15-19(25)21-20-14-17-4-3-9-22(17)2/h3-9,14H,10-13,15H2,1-2H3,(H,21,25)/p+1/b20-14+. The number of hydrogen-bond acceptors (Lipinski definition) is 4. The number of nitrogens with one attached hydrogen (secondary N) is 2. The summed E-state index contributed by atoms with van der Waals surface area (Å²) in [5.41, 5.74) is 4.45. The lowest BCUT2D eigenvalue weighted by Gasteiger charge is -2.31. The minimum Gasteiger partial charge on any atom is -0.350 e. The van der Waals surface area contributed by atoms with E-state index in [1.165, 1.54) is 4.31 Å². The fourth-order valence-electron chi connectivity index (χ4n) is 3.12. The Balaban J connectivity index is 1.48. The van der Waals surface area contributed by atoms with Gasteiger partial charge in [0.25, 0.3) is 5.91 Å². The van der Waals surface area contributed by atoms with Crippen LogP contribution < -0.4 is 10.3 Å². The molecule has 8 nitrogen and oxygen atoms in total. The number of aromatic nitrogens is 1. The van der Waals surface area contributed by atoms with E-state index in [0.717, 1.165) is 16.2 Å². The van der Waals surface area contributed by atoms with Gasteiger partial charge in [0, 0.05) is 13.2 Å². The summed E-state index contributed by atoms with van der Waals surface area (Å²) < 4.78 is 28.8. The highest BCUT2D eigenvalue weighted by atomic mass is 32.2. The molecule has 0 aliphatic carbocycles. The molecule has 1 aliphatic heterocycles. The first-order valence-corrected chi connectivity index (χ1v) is 10.6. The summed E-state index contributed by atoms with van der Waals surface area (Å²) in [7, 11) is -1.58. The second-order valence-electron chi connectivity index (χ2n) is 6.98. The monoisotopic (exact) mass is 404 g/mol. The molecule has 9 heteroatoms. The van der Waals surface area contributed by atoms with Gasteiger partial charge < -0.3 is 9.47 Å². The highest BCUT2D eigenvalue weighted by Crippen LogP contribution is 2.16. The molecule has 1 amide bonds. The van der Waals surface area contributed by atoms with Gasteiger partial charge in [-0.1, -0.05) is 17.7 Å². The first kappa shape index (κ1) is 20.2. The molecule has 2 heterocycles. The molecule has 0 atom stereocenters. The van der Waals surface area contributed by atoms with Crippen LogP contribution in [0.5, 0.6) is 0 Å². The van der Waals surface area contributed by atoms with E-state index in [9.17, 15) is 13.2 Å². The summed E-state index contributed by atoms with van der Waals surface area (Å²) in [4.78, 5) is 13.4. The maximum absolute atomic E-state index is 12.7. The molecule has 1 fully saturated rings. The van der Waals surface area contributed by atoms with Crippen LogP contribution in [0.1, 0.15) is 11.3 Å². The third-order valence-electron chi connectivity index (χ3n) is 4.87. The van der Waals surface area contributed by atoms with E-state index in [0.29, 0.717) is 31.1 Å². The Morgan fingerprint density at radius 1 is 1.21 bits per heavy atom. The molecule has 3 rings (SSSR count). The third-order valence-corrected chi connectivity index (χ3v) is 6.78. The van der Waals surface area contributed by atoms with Gasteiger partial charge in [-0.3, -0.25) is 4.79 Å². The number of sulfonamides is 1. The van der Waals surface area contributed by atoms with E-state index < -0.39 is 10.0 Å². The third kappa shape index (κ3) is 4.86. The Morgan fingerprint density at radius 2 is 1.89 bits per heavy atom. The van der Waals surface area contributed by atoms with Crippen LogP contribution in [0.4, 0.5) is 0 Å². The molecular formula is C19H26N5O3S+. The van der Waals surface area contributed by atoms with Gasteiger partial charge in [0.05, 0.1) is 43.0 Å². The summed E-state index contributed by atoms with van der Waals surface area (Å²) in [5, 5.41) is 3.98. The van der Waals surface area contributed by atoms with Gasteiger partial charge in [-0.25, -0.2) is 13.8 Å². The van der Waals surface area contributed by atoms with E-state index >= 15 is 0 Å². The van der Waals surface area contributed by atoms with Crippen molar-refractivity contribution in [3.8, 4) is 0 Å². The van der Waals surface area contributed by atoms with Gasteiger partial charge >= 0.3 is 0 Å². The summed E-state index contributed by atoms with van der Waals surface area (Å²) in [6, 6.07) is 10.7. The molecule has 0 unspecified atom stereocenters. The zero-order valence-corrected chi connectivity index (χ0v) is 16.9. The lowest BCUT2D eigenvalue weighted by Crippen LogP contribution is -3.15. The zero-order valence-electron chi connectivity index (χ0n) is 16.1. The van der Waals surface area contributed by atoms with Gasteiger partial charge in [0.2, 0.25) is 10.0 Å². The number of piperazine rings is 1. The summed E-state index contributed by atoms with van der Waals surface area (Å²) in [6.45, 7) is 4.15. The number of carbonyl (C=O) groups excluding carboxylic acids is 1. The molecule has 0 radical (unpaired) electrons. The van der Waals surface area contributed by atoms with Crippen molar-refractivity contribution in [2.45, 2.75) is 11.8 Å². The predicted octanol–water partition coefficient (Wildman–Crippen LogP) is -0.627. The highest BCUT2D eigenvalue weighted by Gasteiger charge is 2.31. The number of hydrazone groups is 1. The fourth-order valence-corrected chi connectivity index (χ4v) is 4.57. The number of rotatable bonds is 6. The van der Waals surface area contributed by atoms with Crippen LogP contribution in [0.3, 0.4) is 0 Å². The minimum atomic E-state index is -3.48. The van der Waals surface area contributed by atoms with Gasteiger partial charge in [-0.05, 0) is 31.2 Å². The average molecular weight is 405 g/mol. The highest BCUT2D eigenvalue weighted by molar-refractivity contribution is 7.89. The number of carbonyl (C=O) groups is 1. The summed E-state index contributed by atoms with van der Waals surface area (Å²) in [6.07, 6.45) is 3.50. The molecule has 1 saturated heterocycles. The van der Waals surface area contributed by atoms with Crippen LogP contribution in [-0.2, 0) is 21.9 Å². The van der Waals surface area contributed by atoms with Crippen LogP contribution in [0.25, 0.3) is 0 Å². The van der Waals surface area contributed by atoms with Crippen molar-refractivity contribution in [2.24, 2.45) is 12.1 Å². The topological polar surface area (TPSA) is 88.2 Å². The Hall–Kier alpha value is -2.49. The van der Waals surface area contributed by atoms with Crippen molar-refractivity contribution in [1.82, 2.24) is 14.3 Å². The van der Waals surface area contributed by atoms with Crippen LogP contribution >= 0.6 is 0 Å². The average Bonchev–Trinajstić information content (AvgIpc) is 3.07. The maximum Gasteiger partial charge on any atom is 0.295 e. The number of aryl methyl sites for hydroxylation is 2. The fraction of sp³-hybridized carbons (Fsp3) is 0.368. The van der Waals surface area contributed by atoms with Gasteiger partial charge in [0.1, 0.15) is 0 Å². The number of nitrogens with zero attached hydrogens (tertiary/aromatic N) is 3. The quantitative estimate of drug-likeness (QED) is 0.497. The maximum atomic E-state index is 12.7. The molecule has 28 heavy (non-hydrogen) atoms. The van der Waals surface area contributed by atoms with Crippen molar-refractivity contribution in [3.63, 3.8) is 0 Å². The van der Waals surface area contributed by atoms with Gasteiger partial charge in [-0.15, -0.1) is 0 Å². The molecule has 0 saturated carbocycles. The zero-order chi connectivity index (χ0) is 20.1. The normalized spacial score (nSPS) is 16.5. The summed E-state index contributed by atoms with van der Waals surface area (Å²) in [5.74, 6) is -0.185. The van der Waals surface area contributed by atoms with E-state index in [1.54, 1.807) is 30.5 Å². The largest absolute Gasteiger partial charge is 0.350 e. The molecule has 0 bridgehead atoms. The second kappa shape index (κ2) is 8.68. The number of quaternary nitrogens is 1. The Bertz CT molecular complexity index is 942. The lowest BCUT2D eigenvalue weighted by molar-refractivity contribution is -0.895. The molecular weight excluding hydrogens is 378 g/mol. The van der Waals surface area contributed by atoms with E-state index in [1.807, 2.05) is 36.9 Å². The Morgan fingerprint density at radius 3 is 2.50 bits per heavy atom. The molecule has 1 aromatic carbocycles. The Kier molecular flexibility index (Phi) is 6.28. The second-order valence-corrected chi connectivity index (χ2v) is 8.92. The van der Waals surface area contributed by atoms with Crippen molar-refractivity contribution in [2.75, 3.05) is 32.7 Å². The van der Waals surface area contributed by atoms with Gasteiger partial charge in [-0.2, -0.15) is 9.41 Å². The lowest BCUT2D eigenvalue weighted by atomic mass is 10.2. The molecule has 1 aliphatic rings.